The Hall–Kier alpha value is -1.02. The summed E-state index contributed by atoms with van der Waals surface area (Å²) in [6, 6.07) is 4.15. The van der Waals surface area contributed by atoms with Crippen molar-refractivity contribution in [3.8, 4) is 5.75 Å². The van der Waals surface area contributed by atoms with Gasteiger partial charge in [-0.2, -0.15) is 0 Å². The summed E-state index contributed by atoms with van der Waals surface area (Å²) < 4.78 is 0. The summed E-state index contributed by atoms with van der Waals surface area (Å²) >= 11 is 0. The third kappa shape index (κ3) is 3.50. The summed E-state index contributed by atoms with van der Waals surface area (Å²) in [4.78, 5) is 0. The molecule has 1 fully saturated rings. The van der Waals surface area contributed by atoms with Crippen LogP contribution < -0.4 is 5.73 Å². The zero-order chi connectivity index (χ0) is 13.7. The van der Waals surface area contributed by atoms with Crippen LogP contribution in [0.2, 0.25) is 0 Å². The van der Waals surface area contributed by atoms with E-state index < -0.39 is 0 Å². The van der Waals surface area contributed by atoms with Crippen molar-refractivity contribution in [3.05, 3.63) is 28.8 Å². The fourth-order valence-corrected chi connectivity index (χ4v) is 3.23. The van der Waals surface area contributed by atoms with Crippen LogP contribution in [-0.2, 0) is 13.0 Å². The molecular weight excluding hydrogens is 234 g/mol. The first-order valence-electron chi connectivity index (χ1n) is 7.81. The van der Waals surface area contributed by atoms with Crippen molar-refractivity contribution in [2.75, 3.05) is 0 Å². The fourth-order valence-electron chi connectivity index (χ4n) is 3.23. The van der Waals surface area contributed by atoms with E-state index in [2.05, 4.69) is 13.0 Å². The molecule has 0 bridgehead atoms. The Kier molecular flexibility index (Phi) is 5.26. The minimum atomic E-state index is 0.465. The second-order valence-electron chi connectivity index (χ2n) is 5.82. The lowest BCUT2D eigenvalue weighted by atomic mass is 9.82. The van der Waals surface area contributed by atoms with Crippen LogP contribution in [0.15, 0.2) is 12.1 Å². The van der Waals surface area contributed by atoms with Gasteiger partial charge in [-0.3, -0.25) is 0 Å². The second-order valence-corrected chi connectivity index (χ2v) is 5.82. The summed E-state index contributed by atoms with van der Waals surface area (Å²) in [5.41, 5.74) is 9.44. The lowest BCUT2D eigenvalue weighted by molar-refractivity contribution is 0.413. The Bertz CT molecular complexity index is 408. The first kappa shape index (κ1) is 14.4. The summed E-state index contributed by atoms with van der Waals surface area (Å²) in [6.45, 7) is 2.74. The van der Waals surface area contributed by atoms with Gasteiger partial charge < -0.3 is 10.8 Å². The van der Waals surface area contributed by atoms with E-state index in [1.165, 1.54) is 56.1 Å². The van der Waals surface area contributed by atoms with E-state index >= 15 is 0 Å². The minimum Gasteiger partial charge on any atom is -0.508 e. The number of unbranched alkanes of at least 4 members (excludes halogenated alkanes) is 1. The van der Waals surface area contributed by atoms with Crippen molar-refractivity contribution in [2.24, 2.45) is 5.73 Å². The molecule has 106 valence electrons. The van der Waals surface area contributed by atoms with E-state index in [-0.39, 0.29) is 0 Å². The predicted octanol–water partition coefficient (Wildman–Crippen LogP) is 4.24. The van der Waals surface area contributed by atoms with Crippen LogP contribution in [0.4, 0.5) is 0 Å². The highest BCUT2D eigenvalue weighted by Gasteiger charge is 2.20. The van der Waals surface area contributed by atoms with Gasteiger partial charge in [0.1, 0.15) is 5.75 Å². The molecule has 0 atom stereocenters. The number of benzene rings is 1. The Morgan fingerprint density at radius 2 is 1.89 bits per heavy atom. The molecule has 1 saturated carbocycles. The number of nitrogens with two attached hydrogens (primary N) is 1. The highest BCUT2D eigenvalue weighted by atomic mass is 16.3. The normalized spacial score (nSPS) is 16.7. The van der Waals surface area contributed by atoms with E-state index in [0.717, 1.165) is 12.0 Å². The van der Waals surface area contributed by atoms with E-state index in [1.807, 2.05) is 6.07 Å². The van der Waals surface area contributed by atoms with Crippen LogP contribution in [0.25, 0.3) is 0 Å². The fraction of sp³-hybridized carbons (Fsp3) is 0.647. The third-order valence-electron chi connectivity index (χ3n) is 4.41. The van der Waals surface area contributed by atoms with Crippen molar-refractivity contribution in [1.29, 1.82) is 0 Å². The highest BCUT2D eigenvalue weighted by molar-refractivity contribution is 5.44. The number of rotatable bonds is 5. The Balaban J connectivity index is 2.26. The van der Waals surface area contributed by atoms with Crippen molar-refractivity contribution in [1.82, 2.24) is 0 Å². The van der Waals surface area contributed by atoms with E-state index in [0.29, 0.717) is 18.2 Å². The van der Waals surface area contributed by atoms with Crippen LogP contribution >= 0.6 is 0 Å². The topological polar surface area (TPSA) is 46.2 Å². The van der Waals surface area contributed by atoms with E-state index in [4.69, 9.17) is 5.73 Å². The Morgan fingerprint density at radius 1 is 1.16 bits per heavy atom. The monoisotopic (exact) mass is 261 g/mol. The lowest BCUT2D eigenvalue weighted by Gasteiger charge is -2.24. The van der Waals surface area contributed by atoms with Crippen LogP contribution in [0, 0.1) is 0 Å². The Labute approximate surface area is 117 Å². The molecule has 1 aliphatic carbocycles. The third-order valence-corrected chi connectivity index (χ3v) is 4.41. The van der Waals surface area contributed by atoms with Gasteiger partial charge in [-0.1, -0.05) is 38.7 Å². The molecule has 2 heteroatoms. The molecule has 0 radical (unpaired) electrons. The molecule has 0 saturated heterocycles. The molecule has 2 rings (SSSR count). The van der Waals surface area contributed by atoms with E-state index in [1.54, 1.807) is 0 Å². The van der Waals surface area contributed by atoms with Gasteiger partial charge in [0, 0.05) is 6.54 Å². The zero-order valence-corrected chi connectivity index (χ0v) is 12.1. The van der Waals surface area contributed by atoms with Gasteiger partial charge in [-0.05, 0) is 54.4 Å². The first-order chi connectivity index (χ1) is 9.26. The predicted molar refractivity (Wildman–Crippen MR) is 80.4 cm³/mol. The summed E-state index contributed by atoms with van der Waals surface area (Å²) in [6.07, 6.45) is 9.88. The van der Waals surface area contributed by atoms with Gasteiger partial charge in [0.05, 0.1) is 0 Å². The average molecular weight is 261 g/mol. The standard InChI is InChI=1S/C17H27NO/c1-2-3-7-14-10-16(13-8-5-4-6-9-13)17(19)11-15(14)12-18/h10-11,13,19H,2-9,12,18H2,1H3. The number of hydrogen-bond donors (Lipinski definition) is 2. The maximum Gasteiger partial charge on any atom is 0.119 e. The van der Waals surface area contributed by atoms with Crippen LogP contribution in [0.3, 0.4) is 0 Å². The molecule has 19 heavy (non-hydrogen) atoms. The maximum atomic E-state index is 10.3. The van der Waals surface area contributed by atoms with Crippen molar-refractivity contribution < 1.29 is 5.11 Å². The summed E-state index contributed by atoms with van der Waals surface area (Å²) in [5, 5.41) is 10.3. The number of phenols is 1. The molecule has 1 aromatic rings. The molecule has 1 aliphatic rings. The van der Waals surface area contributed by atoms with Gasteiger partial charge in [-0.15, -0.1) is 0 Å². The SMILES string of the molecule is CCCCc1cc(C2CCCCC2)c(O)cc1CN. The second kappa shape index (κ2) is 6.95. The molecule has 0 unspecified atom stereocenters. The quantitative estimate of drug-likeness (QED) is 0.832. The average Bonchev–Trinajstić information content (AvgIpc) is 2.46. The minimum absolute atomic E-state index is 0.465. The summed E-state index contributed by atoms with van der Waals surface area (Å²) in [7, 11) is 0. The van der Waals surface area contributed by atoms with Crippen molar-refractivity contribution in [2.45, 2.75) is 70.8 Å². The maximum absolute atomic E-state index is 10.3. The smallest absolute Gasteiger partial charge is 0.119 e. The van der Waals surface area contributed by atoms with Gasteiger partial charge in [0.25, 0.3) is 0 Å². The van der Waals surface area contributed by atoms with Gasteiger partial charge in [0.15, 0.2) is 0 Å². The molecule has 0 aromatic heterocycles. The Morgan fingerprint density at radius 3 is 2.53 bits per heavy atom. The molecule has 2 nitrogen and oxygen atoms in total. The number of aromatic hydroxyl groups is 1. The van der Waals surface area contributed by atoms with Crippen molar-refractivity contribution >= 4 is 0 Å². The number of phenolic OH excluding ortho intramolecular Hbond substituents is 1. The van der Waals surface area contributed by atoms with Crippen molar-refractivity contribution in [3.63, 3.8) is 0 Å². The van der Waals surface area contributed by atoms with Gasteiger partial charge in [-0.25, -0.2) is 0 Å². The molecule has 0 spiro atoms. The number of aryl methyl sites for hydroxylation is 1. The molecular formula is C17H27NO. The van der Waals surface area contributed by atoms with Crippen LogP contribution in [-0.4, -0.2) is 5.11 Å². The zero-order valence-electron chi connectivity index (χ0n) is 12.1. The van der Waals surface area contributed by atoms with Crippen LogP contribution in [0.1, 0.15) is 74.5 Å². The molecule has 0 heterocycles. The molecule has 0 aliphatic heterocycles. The molecule has 1 aromatic carbocycles. The molecule has 0 amide bonds. The molecule has 3 N–H and O–H groups in total. The number of hydrogen-bond acceptors (Lipinski definition) is 2. The van der Waals surface area contributed by atoms with Gasteiger partial charge >= 0.3 is 0 Å². The van der Waals surface area contributed by atoms with Gasteiger partial charge in [0.2, 0.25) is 0 Å². The van der Waals surface area contributed by atoms with Crippen LogP contribution in [0.5, 0.6) is 5.75 Å². The largest absolute Gasteiger partial charge is 0.508 e. The lowest BCUT2D eigenvalue weighted by Crippen LogP contribution is -2.08. The first-order valence-corrected chi connectivity index (χ1v) is 7.81. The highest BCUT2D eigenvalue weighted by Crippen LogP contribution is 2.38. The van der Waals surface area contributed by atoms with E-state index in [9.17, 15) is 5.11 Å². The summed E-state index contributed by atoms with van der Waals surface area (Å²) in [5.74, 6) is 1.02.